The molecule has 5 nitrogen and oxygen atoms in total. The summed E-state index contributed by atoms with van der Waals surface area (Å²) in [6.07, 6.45) is 3.41. The minimum absolute atomic E-state index is 0.103. The minimum Gasteiger partial charge on any atom is -0.495 e. The highest BCUT2D eigenvalue weighted by Crippen LogP contribution is 2.29. The summed E-state index contributed by atoms with van der Waals surface area (Å²) in [7, 11) is 1.55. The van der Waals surface area contributed by atoms with Gasteiger partial charge in [-0.2, -0.15) is 5.26 Å². The molecule has 0 spiro atoms. The van der Waals surface area contributed by atoms with E-state index >= 15 is 0 Å². The Balaban J connectivity index is 1.89. The second kappa shape index (κ2) is 6.68. The summed E-state index contributed by atoms with van der Waals surface area (Å²) >= 11 is 6.02. The third-order valence-corrected chi connectivity index (χ3v) is 3.95. The van der Waals surface area contributed by atoms with E-state index in [4.69, 9.17) is 16.3 Å². The second-order valence-electron chi connectivity index (χ2n) is 5.15. The van der Waals surface area contributed by atoms with Crippen LogP contribution in [0.3, 0.4) is 0 Å². The molecule has 1 aromatic rings. The lowest BCUT2D eigenvalue weighted by atomic mass is 10.00. The van der Waals surface area contributed by atoms with Crippen LogP contribution in [-0.2, 0) is 4.79 Å². The molecule has 21 heavy (non-hydrogen) atoms. The van der Waals surface area contributed by atoms with Gasteiger partial charge in [0.15, 0.2) is 0 Å². The molecule has 0 heterocycles. The Morgan fingerprint density at radius 2 is 2.19 bits per heavy atom. The van der Waals surface area contributed by atoms with E-state index in [-0.39, 0.29) is 12.5 Å². The average molecular weight is 308 g/mol. The topological polar surface area (TPSA) is 74.2 Å². The summed E-state index contributed by atoms with van der Waals surface area (Å²) in [4.78, 5) is 12.0. The number of benzene rings is 1. The van der Waals surface area contributed by atoms with Gasteiger partial charge in [0.05, 0.1) is 24.7 Å². The van der Waals surface area contributed by atoms with Crippen molar-refractivity contribution in [1.29, 1.82) is 5.26 Å². The maximum absolute atomic E-state index is 12.0. The molecule has 2 N–H and O–H groups in total. The Hall–Kier alpha value is -1.93. The van der Waals surface area contributed by atoms with Crippen LogP contribution in [0.15, 0.2) is 18.2 Å². The maximum Gasteiger partial charge on any atom is 0.240 e. The number of carbonyl (C=O) groups is 1. The molecule has 2 rings (SSSR count). The maximum atomic E-state index is 12.0. The van der Waals surface area contributed by atoms with Gasteiger partial charge in [-0.25, -0.2) is 0 Å². The fourth-order valence-corrected chi connectivity index (χ4v) is 2.77. The minimum atomic E-state index is -0.684. The first kappa shape index (κ1) is 15.5. The zero-order valence-electron chi connectivity index (χ0n) is 11.9. The lowest BCUT2D eigenvalue weighted by Crippen LogP contribution is -2.47. The van der Waals surface area contributed by atoms with Crippen molar-refractivity contribution in [2.24, 2.45) is 0 Å². The van der Waals surface area contributed by atoms with Crippen molar-refractivity contribution in [3.05, 3.63) is 23.2 Å². The van der Waals surface area contributed by atoms with Crippen molar-refractivity contribution >= 4 is 23.2 Å². The van der Waals surface area contributed by atoms with Gasteiger partial charge < -0.3 is 15.4 Å². The molecular weight excluding hydrogens is 290 g/mol. The molecule has 112 valence electrons. The van der Waals surface area contributed by atoms with Gasteiger partial charge in [0.1, 0.15) is 11.3 Å². The summed E-state index contributed by atoms with van der Waals surface area (Å²) in [5.41, 5.74) is 0.0458. The van der Waals surface area contributed by atoms with Gasteiger partial charge in [-0.15, -0.1) is 0 Å². The van der Waals surface area contributed by atoms with E-state index in [9.17, 15) is 10.1 Å². The number of nitrogens with zero attached hydrogens (tertiary/aromatic N) is 1. The number of hydrogen-bond donors (Lipinski definition) is 2. The SMILES string of the molecule is COc1ccc(NCC(=O)NC2(C#N)CCCC2)cc1Cl. The summed E-state index contributed by atoms with van der Waals surface area (Å²) in [6.45, 7) is 0.103. The van der Waals surface area contributed by atoms with Crippen LogP contribution in [0.1, 0.15) is 25.7 Å². The highest BCUT2D eigenvalue weighted by atomic mass is 35.5. The normalized spacial score (nSPS) is 16.0. The number of ether oxygens (including phenoxy) is 1. The van der Waals surface area contributed by atoms with Gasteiger partial charge in [-0.3, -0.25) is 4.79 Å². The van der Waals surface area contributed by atoms with E-state index in [1.165, 1.54) is 0 Å². The fourth-order valence-electron chi connectivity index (χ4n) is 2.51. The lowest BCUT2D eigenvalue weighted by molar-refractivity contribution is -0.120. The third kappa shape index (κ3) is 3.79. The number of methoxy groups -OCH3 is 1. The standard InChI is InChI=1S/C15H18ClN3O2/c1-21-13-5-4-11(8-12(13)16)18-9-14(20)19-15(10-17)6-2-3-7-15/h4-5,8,18H,2-3,6-7,9H2,1H3,(H,19,20). The van der Waals surface area contributed by atoms with E-state index < -0.39 is 5.54 Å². The number of rotatable bonds is 5. The number of carbonyl (C=O) groups excluding carboxylic acids is 1. The monoisotopic (exact) mass is 307 g/mol. The van der Waals surface area contributed by atoms with Crippen LogP contribution in [0, 0.1) is 11.3 Å². The quantitative estimate of drug-likeness (QED) is 0.877. The van der Waals surface area contributed by atoms with Crippen molar-refractivity contribution < 1.29 is 9.53 Å². The van der Waals surface area contributed by atoms with Crippen molar-refractivity contribution in [3.8, 4) is 11.8 Å². The van der Waals surface area contributed by atoms with Crippen LogP contribution in [0.25, 0.3) is 0 Å². The summed E-state index contributed by atoms with van der Waals surface area (Å²) in [5, 5.41) is 15.5. The second-order valence-corrected chi connectivity index (χ2v) is 5.56. The van der Waals surface area contributed by atoms with E-state index in [1.807, 2.05) is 0 Å². The van der Waals surface area contributed by atoms with Gasteiger partial charge in [0.2, 0.25) is 5.91 Å². The van der Waals surface area contributed by atoms with E-state index in [1.54, 1.807) is 25.3 Å². The molecule has 0 atom stereocenters. The molecule has 0 radical (unpaired) electrons. The Morgan fingerprint density at radius 3 is 2.76 bits per heavy atom. The molecule has 0 aromatic heterocycles. The predicted molar refractivity (Wildman–Crippen MR) is 81.4 cm³/mol. The lowest BCUT2D eigenvalue weighted by Gasteiger charge is -2.22. The molecule has 1 fully saturated rings. The van der Waals surface area contributed by atoms with Crippen LogP contribution < -0.4 is 15.4 Å². The molecule has 0 bridgehead atoms. The number of nitriles is 1. The molecule has 1 amide bonds. The Labute approximate surface area is 129 Å². The van der Waals surface area contributed by atoms with E-state index in [0.717, 1.165) is 31.4 Å². The number of nitrogens with one attached hydrogen (secondary N) is 2. The largest absolute Gasteiger partial charge is 0.495 e. The van der Waals surface area contributed by atoms with Crippen molar-refractivity contribution in [3.63, 3.8) is 0 Å². The Bertz CT molecular complexity index is 563. The molecule has 1 aromatic carbocycles. The molecule has 0 saturated heterocycles. The average Bonchev–Trinajstić information content (AvgIpc) is 2.94. The molecule has 1 aliphatic rings. The molecule has 1 aliphatic carbocycles. The fraction of sp³-hybridized carbons (Fsp3) is 0.467. The Morgan fingerprint density at radius 1 is 1.48 bits per heavy atom. The number of anilines is 1. The highest BCUT2D eigenvalue weighted by molar-refractivity contribution is 6.32. The van der Waals surface area contributed by atoms with Crippen LogP contribution >= 0.6 is 11.6 Å². The third-order valence-electron chi connectivity index (χ3n) is 3.65. The van der Waals surface area contributed by atoms with Crippen LogP contribution in [0.4, 0.5) is 5.69 Å². The van der Waals surface area contributed by atoms with Crippen LogP contribution in [-0.4, -0.2) is 25.1 Å². The van der Waals surface area contributed by atoms with Gasteiger partial charge >= 0.3 is 0 Å². The van der Waals surface area contributed by atoms with Crippen LogP contribution in [0.5, 0.6) is 5.75 Å². The van der Waals surface area contributed by atoms with Gasteiger partial charge in [-0.05, 0) is 43.9 Å². The van der Waals surface area contributed by atoms with Crippen LogP contribution in [0.2, 0.25) is 5.02 Å². The van der Waals surface area contributed by atoms with E-state index in [0.29, 0.717) is 10.8 Å². The molecule has 1 saturated carbocycles. The molecule has 0 unspecified atom stereocenters. The number of amides is 1. The first-order valence-electron chi connectivity index (χ1n) is 6.88. The van der Waals surface area contributed by atoms with Crippen molar-refractivity contribution in [2.45, 2.75) is 31.2 Å². The highest BCUT2D eigenvalue weighted by Gasteiger charge is 2.35. The first-order valence-corrected chi connectivity index (χ1v) is 7.26. The van der Waals surface area contributed by atoms with Crippen molar-refractivity contribution in [1.82, 2.24) is 5.32 Å². The molecule has 6 heteroatoms. The zero-order chi connectivity index (χ0) is 15.3. The first-order chi connectivity index (χ1) is 10.1. The molecular formula is C15H18ClN3O2. The smallest absolute Gasteiger partial charge is 0.240 e. The van der Waals surface area contributed by atoms with Crippen molar-refractivity contribution in [2.75, 3.05) is 19.0 Å². The number of halogens is 1. The van der Waals surface area contributed by atoms with Gasteiger partial charge in [0.25, 0.3) is 0 Å². The summed E-state index contributed by atoms with van der Waals surface area (Å²) < 4.78 is 5.07. The predicted octanol–water partition coefficient (Wildman–Crippen LogP) is 2.71. The summed E-state index contributed by atoms with van der Waals surface area (Å²) in [5.74, 6) is 0.395. The van der Waals surface area contributed by atoms with E-state index in [2.05, 4.69) is 16.7 Å². The van der Waals surface area contributed by atoms with Gasteiger partial charge in [-0.1, -0.05) is 11.6 Å². The zero-order valence-corrected chi connectivity index (χ0v) is 12.7. The summed E-state index contributed by atoms with van der Waals surface area (Å²) in [6, 6.07) is 7.45. The molecule has 0 aliphatic heterocycles. The van der Waals surface area contributed by atoms with Gasteiger partial charge in [0, 0.05) is 5.69 Å². The number of hydrogen-bond acceptors (Lipinski definition) is 4. The Kier molecular flexibility index (Phi) is 4.92.